The zero-order valence-corrected chi connectivity index (χ0v) is 23.0. The van der Waals surface area contributed by atoms with Gasteiger partial charge in [-0.1, -0.05) is 53.3 Å². The quantitative estimate of drug-likeness (QED) is 0.340. The first kappa shape index (κ1) is 26.6. The van der Waals surface area contributed by atoms with Crippen molar-refractivity contribution in [1.29, 1.82) is 0 Å². The van der Waals surface area contributed by atoms with Crippen LogP contribution in [-0.4, -0.2) is 16.6 Å². The number of amides is 1. The van der Waals surface area contributed by atoms with Gasteiger partial charge in [0, 0.05) is 16.3 Å². The first-order valence-corrected chi connectivity index (χ1v) is 13.5. The van der Waals surface area contributed by atoms with E-state index >= 15 is 0 Å². The van der Waals surface area contributed by atoms with Crippen LogP contribution in [0.2, 0.25) is 5.02 Å². The van der Waals surface area contributed by atoms with Gasteiger partial charge in [0.1, 0.15) is 11.6 Å². The summed E-state index contributed by atoms with van der Waals surface area (Å²) in [5, 5.41) is 3.40. The van der Waals surface area contributed by atoms with Crippen LogP contribution >= 0.6 is 22.9 Å². The molecule has 1 aromatic heterocycles. The molecule has 0 spiro atoms. The van der Waals surface area contributed by atoms with Gasteiger partial charge in [-0.05, 0) is 74.9 Å². The predicted octanol–water partition coefficient (Wildman–Crippen LogP) is 5.45. The van der Waals surface area contributed by atoms with Crippen molar-refractivity contribution in [2.75, 3.05) is 5.32 Å². The number of aromatic nitrogens is 1. The van der Waals surface area contributed by atoms with Gasteiger partial charge in [-0.15, -0.1) is 0 Å². The maximum Gasteiger partial charge on any atom is 0.271 e. The number of allylic oxidation sites excluding steroid dienone is 1. The number of hydrogen-bond acceptors (Lipinski definition) is 5. The summed E-state index contributed by atoms with van der Waals surface area (Å²) in [6, 6.07) is 19.2. The van der Waals surface area contributed by atoms with Crippen molar-refractivity contribution in [3.05, 3.63) is 126 Å². The number of ether oxygens (including phenoxy) is 1. The molecule has 0 aliphatic carbocycles. The zero-order chi connectivity index (χ0) is 27.7. The molecule has 1 aliphatic rings. The van der Waals surface area contributed by atoms with Gasteiger partial charge in [-0.25, -0.2) is 9.38 Å². The summed E-state index contributed by atoms with van der Waals surface area (Å²) in [5.74, 6) is -0.219. The standard InChI is InChI=1S/C30H25ClFN3O3S/c1-17(2)38-24-14-11-21(31)15-20(24)16-25-29(37)35-27(19-9-12-22(32)13-10-19)26(18(3)33-30(35)39-25)28(36)34-23-7-5-4-6-8-23/h4-17,27H,1-3H3,(H,34,36)/b25-16+/t27-/m1/s1. The Morgan fingerprint density at radius 1 is 1.13 bits per heavy atom. The van der Waals surface area contributed by atoms with Gasteiger partial charge in [0.2, 0.25) is 0 Å². The minimum Gasteiger partial charge on any atom is -0.490 e. The molecular weight excluding hydrogens is 537 g/mol. The number of benzene rings is 3. The van der Waals surface area contributed by atoms with Gasteiger partial charge in [0.25, 0.3) is 11.5 Å². The molecule has 2 heterocycles. The molecule has 5 rings (SSSR count). The number of nitrogens with zero attached hydrogens (tertiary/aromatic N) is 2. The van der Waals surface area contributed by atoms with Gasteiger partial charge in [-0.3, -0.25) is 14.2 Å². The molecule has 198 valence electrons. The van der Waals surface area contributed by atoms with Crippen molar-refractivity contribution in [3.8, 4) is 5.75 Å². The Morgan fingerprint density at radius 2 is 1.85 bits per heavy atom. The fourth-order valence-corrected chi connectivity index (χ4v) is 5.64. The molecule has 6 nitrogen and oxygen atoms in total. The van der Waals surface area contributed by atoms with Crippen LogP contribution in [0, 0.1) is 5.82 Å². The highest BCUT2D eigenvalue weighted by Crippen LogP contribution is 2.31. The van der Waals surface area contributed by atoms with E-state index in [1.807, 2.05) is 32.0 Å². The molecule has 1 aliphatic heterocycles. The monoisotopic (exact) mass is 561 g/mol. The summed E-state index contributed by atoms with van der Waals surface area (Å²) >= 11 is 7.46. The number of carbonyl (C=O) groups is 1. The van der Waals surface area contributed by atoms with E-state index in [1.54, 1.807) is 55.5 Å². The smallest absolute Gasteiger partial charge is 0.271 e. The number of halogens is 2. The molecule has 0 saturated carbocycles. The molecule has 39 heavy (non-hydrogen) atoms. The average molecular weight is 562 g/mol. The van der Waals surface area contributed by atoms with Crippen molar-refractivity contribution in [2.45, 2.75) is 32.9 Å². The van der Waals surface area contributed by atoms with Crippen LogP contribution in [0.25, 0.3) is 6.08 Å². The fraction of sp³-hybridized carbons (Fsp3) is 0.167. The molecule has 0 saturated heterocycles. The number of fused-ring (bicyclic) bond motifs is 1. The molecule has 1 N–H and O–H groups in total. The van der Waals surface area contributed by atoms with Crippen molar-refractivity contribution in [2.24, 2.45) is 4.99 Å². The third-order valence-corrected chi connectivity index (χ3v) is 7.32. The number of thiazole rings is 1. The lowest BCUT2D eigenvalue weighted by Crippen LogP contribution is -2.40. The maximum absolute atomic E-state index is 13.9. The van der Waals surface area contributed by atoms with E-state index in [-0.39, 0.29) is 11.7 Å². The number of hydrogen-bond donors (Lipinski definition) is 1. The number of anilines is 1. The minimum atomic E-state index is -0.807. The van der Waals surface area contributed by atoms with Crippen molar-refractivity contribution in [3.63, 3.8) is 0 Å². The Hall–Kier alpha value is -4.01. The number of nitrogens with one attached hydrogen (secondary N) is 1. The van der Waals surface area contributed by atoms with Crippen LogP contribution < -0.4 is 24.9 Å². The van der Waals surface area contributed by atoms with E-state index in [1.165, 1.54) is 28.0 Å². The number of rotatable bonds is 6. The van der Waals surface area contributed by atoms with Gasteiger partial charge < -0.3 is 10.1 Å². The average Bonchev–Trinajstić information content (AvgIpc) is 3.20. The molecule has 0 radical (unpaired) electrons. The summed E-state index contributed by atoms with van der Waals surface area (Å²) < 4.78 is 21.7. The third-order valence-electron chi connectivity index (χ3n) is 6.10. The van der Waals surface area contributed by atoms with E-state index in [2.05, 4.69) is 10.3 Å². The molecule has 1 amide bonds. The summed E-state index contributed by atoms with van der Waals surface area (Å²) in [6.07, 6.45) is 1.64. The van der Waals surface area contributed by atoms with Gasteiger partial charge in [0.15, 0.2) is 4.80 Å². The highest BCUT2D eigenvalue weighted by molar-refractivity contribution is 7.07. The van der Waals surface area contributed by atoms with Crippen molar-refractivity contribution < 1.29 is 13.9 Å². The minimum absolute atomic E-state index is 0.0774. The fourth-order valence-electron chi connectivity index (χ4n) is 4.43. The van der Waals surface area contributed by atoms with E-state index in [0.717, 1.165) is 0 Å². The molecular formula is C30H25ClFN3O3S. The van der Waals surface area contributed by atoms with Crippen molar-refractivity contribution in [1.82, 2.24) is 4.57 Å². The normalized spacial score (nSPS) is 15.2. The highest BCUT2D eigenvalue weighted by atomic mass is 35.5. The Balaban J connectivity index is 1.68. The Kier molecular flexibility index (Phi) is 7.50. The summed E-state index contributed by atoms with van der Waals surface area (Å²) in [7, 11) is 0. The number of carbonyl (C=O) groups excluding carboxylic acids is 1. The van der Waals surface area contributed by atoms with Gasteiger partial charge >= 0.3 is 0 Å². The Morgan fingerprint density at radius 3 is 2.54 bits per heavy atom. The summed E-state index contributed by atoms with van der Waals surface area (Å²) in [4.78, 5) is 32.6. The van der Waals surface area contributed by atoms with Crippen molar-refractivity contribution >= 4 is 40.6 Å². The molecule has 0 unspecified atom stereocenters. The van der Waals surface area contributed by atoms with Crippen LogP contribution in [0.3, 0.4) is 0 Å². The molecule has 3 aromatic carbocycles. The second-order valence-electron chi connectivity index (χ2n) is 9.30. The summed E-state index contributed by atoms with van der Waals surface area (Å²) in [6.45, 7) is 5.57. The summed E-state index contributed by atoms with van der Waals surface area (Å²) in [5.41, 5.74) is 2.28. The molecule has 9 heteroatoms. The first-order chi connectivity index (χ1) is 18.7. The molecule has 0 bridgehead atoms. The van der Waals surface area contributed by atoms with Gasteiger partial charge in [-0.2, -0.15) is 0 Å². The Bertz CT molecular complexity index is 1760. The van der Waals surface area contributed by atoms with Crippen LogP contribution in [-0.2, 0) is 4.79 Å². The van der Waals surface area contributed by atoms with Crippen LogP contribution in [0.1, 0.15) is 37.9 Å². The van der Waals surface area contributed by atoms with E-state index < -0.39 is 17.8 Å². The lowest BCUT2D eigenvalue weighted by molar-refractivity contribution is -0.113. The molecule has 0 fully saturated rings. The Labute approximate surface area is 233 Å². The topological polar surface area (TPSA) is 72.7 Å². The lowest BCUT2D eigenvalue weighted by atomic mass is 9.95. The van der Waals surface area contributed by atoms with Gasteiger partial charge in [0.05, 0.1) is 27.9 Å². The SMILES string of the molecule is CC1=C(C(=O)Nc2ccccc2)[C@@H](c2ccc(F)cc2)n2c(s/c(=C/c3cc(Cl)ccc3OC(C)C)c2=O)=N1. The molecule has 4 aromatic rings. The largest absolute Gasteiger partial charge is 0.490 e. The molecule has 1 atom stereocenters. The lowest BCUT2D eigenvalue weighted by Gasteiger charge is -2.25. The van der Waals surface area contributed by atoms with Crippen LogP contribution in [0.4, 0.5) is 10.1 Å². The second-order valence-corrected chi connectivity index (χ2v) is 10.7. The first-order valence-electron chi connectivity index (χ1n) is 12.3. The van der Waals surface area contributed by atoms with E-state index in [0.29, 0.717) is 48.2 Å². The maximum atomic E-state index is 13.9. The van der Waals surface area contributed by atoms with E-state index in [9.17, 15) is 14.0 Å². The van der Waals surface area contributed by atoms with Crippen LogP contribution in [0.15, 0.2) is 93.9 Å². The third kappa shape index (κ3) is 5.57. The highest BCUT2D eigenvalue weighted by Gasteiger charge is 2.32. The second kappa shape index (κ2) is 11.0. The number of para-hydroxylation sites is 1. The van der Waals surface area contributed by atoms with Crippen LogP contribution in [0.5, 0.6) is 5.75 Å². The van der Waals surface area contributed by atoms with E-state index in [4.69, 9.17) is 16.3 Å². The predicted molar refractivity (Wildman–Crippen MR) is 152 cm³/mol. The zero-order valence-electron chi connectivity index (χ0n) is 21.4.